The van der Waals surface area contributed by atoms with Gasteiger partial charge in [-0.05, 0) is 31.2 Å². The molecule has 9 heteroatoms. The molecule has 0 atom stereocenters. The van der Waals surface area contributed by atoms with Gasteiger partial charge in [0.2, 0.25) is 0 Å². The normalized spacial score (nSPS) is 9.58. The summed E-state index contributed by atoms with van der Waals surface area (Å²) >= 11 is 0. The predicted molar refractivity (Wildman–Crippen MR) is 81.5 cm³/mol. The fourth-order valence-corrected chi connectivity index (χ4v) is 1.51. The van der Waals surface area contributed by atoms with Crippen molar-refractivity contribution in [3.63, 3.8) is 0 Å². The number of imide groups is 1. The Balaban J connectivity index is 2.31. The Morgan fingerprint density at radius 2 is 1.71 bits per heavy atom. The van der Waals surface area contributed by atoms with Crippen LogP contribution >= 0.6 is 0 Å². The van der Waals surface area contributed by atoms with E-state index in [9.17, 15) is 19.2 Å². The van der Waals surface area contributed by atoms with Gasteiger partial charge in [0.1, 0.15) is 12.3 Å². The highest BCUT2D eigenvalue weighted by Crippen LogP contribution is 2.10. The summed E-state index contributed by atoms with van der Waals surface area (Å²) in [7, 11) is 1.50. The first-order valence-corrected chi connectivity index (χ1v) is 7.00. The van der Waals surface area contributed by atoms with Gasteiger partial charge in [-0.15, -0.1) is 0 Å². The number of carbonyl (C=O) groups excluding carboxylic acids is 4. The van der Waals surface area contributed by atoms with Gasteiger partial charge in [-0.3, -0.25) is 19.7 Å². The van der Waals surface area contributed by atoms with Gasteiger partial charge in [0.15, 0.2) is 6.61 Å². The van der Waals surface area contributed by atoms with Crippen LogP contribution in [-0.4, -0.2) is 50.7 Å². The van der Waals surface area contributed by atoms with E-state index in [-0.39, 0.29) is 6.61 Å². The minimum atomic E-state index is -0.925. The second-order valence-corrected chi connectivity index (χ2v) is 4.34. The van der Waals surface area contributed by atoms with E-state index in [0.717, 1.165) is 0 Å². The molecule has 0 spiro atoms. The summed E-state index contributed by atoms with van der Waals surface area (Å²) in [6, 6.07) is 6.28. The zero-order valence-electron chi connectivity index (χ0n) is 13.3. The van der Waals surface area contributed by atoms with Crippen molar-refractivity contribution in [3.05, 3.63) is 29.8 Å². The molecule has 130 valence electrons. The molecule has 0 unspecified atom stereocenters. The van der Waals surface area contributed by atoms with Crippen LogP contribution < -0.4 is 15.4 Å². The Bertz CT molecular complexity index is 598. The molecule has 0 radical (unpaired) electrons. The van der Waals surface area contributed by atoms with Crippen molar-refractivity contribution in [1.82, 2.24) is 10.6 Å². The van der Waals surface area contributed by atoms with E-state index < -0.39 is 37.0 Å². The maximum atomic E-state index is 11.8. The van der Waals surface area contributed by atoms with Gasteiger partial charge in [-0.1, -0.05) is 0 Å². The standard InChI is InChI=1S/C15H18N2O7/c1-3-23-15(21)17-12(18)9-24-13(19)8-16-14(20)10-4-6-11(22-2)7-5-10/h4-7H,3,8-9H2,1-2H3,(H,16,20)(H,17,18,21). The third kappa shape index (κ3) is 6.77. The first-order valence-electron chi connectivity index (χ1n) is 7.00. The lowest BCUT2D eigenvalue weighted by Crippen LogP contribution is -2.36. The zero-order chi connectivity index (χ0) is 17.9. The Morgan fingerprint density at radius 3 is 2.29 bits per heavy atom. The lowest BCUT2D eigenvalue weighted by atomic mass is 10.2. The van der Waals surface area contributed by atoms with Gasteiger partial charge in [-0.25, -0.2) is 4.79 Å². The molecule has 1 aromatic rings. The Hall–Kier alpha value is -3.10. The summed E-state index contributed by atoms with van der Waals surface area (Å²) in [4.78, 5) is 45.5. The van der Waals surface area contributed by atoms with Crippen LogP contribution in [0.3, 0.4) is 0 Å². The summed E-state index contributed by atoms with van der Waals surface area (Å²) < 4.78 is 14.1. The molecule has 0 aliphatic heterocycles. The van der Waals surface area contributed by atoms with Crippen molar-refractivity contribution in [2.75, 3.05) is 26.9 Å². The van der Waals surface area contributed by atoms with Gasteiger partial charge in [-0.2, -0.15) is 0 Å². The Labute approximate surface area is 138 Å². The fourth-order valence-electron chi connectivity index (χ4n) is 1.51. The number of nitrogens with one attached hydrogen (secondary N) is 2. The number of methoxy groups -OCH3 is 1. The molecule has 1 rings (SSSR count). The van der Waals surface area contributed by atoms with Crippen LogP contribution in [0.25, 0.3) is 0 Å². The van der Waals surface area contributed by atoms with Crippen LogP contribution in [0.1, 0.15) is 17.3 Å². The molecular formula is C15H18N2O7. The van der Waals surface area contributed by atoms with Crippen LogP contribution in [0, 0.1) is 0 Å². The number of hydrogen-bond donors (Lipinski definition) is 2. The molecule has 0 fully saturated rings. The van der Waals surface area contributed by atoms with Crippen LogP contribution in [0.15, 0.2) is 24.3 Å². The van der Waals surface area contributed by atoms with Crippen LogP contribution in [0.5, 0.6) is 5.75 Å². The summed E-state index contributed by atoms with van der Waals surface area (Å²) in [5.41, 5.74) is 0.337. The van der Waals surface area contributed by atoms with Crippen molar-refractivity contribution < 1.29 is 33.4 Å². The van der Waals surface area contributed by atoms with E-state index in [1.165, 1.54) is 19.2 Å². The first kappa shape index (κ1) is 18.9. The third-order valence-electron chi connectivity index (χ3n) is 2.63. The molecule has 0 aromatic heterocycles. The van der Waals surface area contributed by atoms with E-state index in [4.69, 9.17) is 4.74 Å². The maximum absolute atomic E-state index is 11.8. The molecule has 0 heterocycles. The quantitative estimate of drug-likeness (QED) is 0.683. The minimum Gasteiger partial charge on any atom is -0.497 e. The smallest absolute Gasteiger partial charge is 0.413 e. The van der Waals surface area contributed by atoms with E-state index in [2.05, 4.69) is 14.8 Å². The van der Waals surface area contributed by atoms with E-state index in [1.807, 2.05) is 5.32 Å². The van der Waals surface area contributed by atoms with E-state index in [1.54, 1.807) is 19.1 Å². The van der Waals surface area contributed by atoms with Gasteiger partial charge in [0.25, 0.3) is 11.8 Å². The molecule has 0 bridgehead atoms. The van der Waals surface area contributed by atoms with Crippen molar-refractivity contribution in [2.45, 2.75) is 6.92 Å². The van der Waals surface area contributed by atoms with Crippen molar-refractivity contribution in [3.8, 4) is 5.75 Å². The Morgan fingerprint density at radius 1 is 1.04 bits per heavy atom. The number of esters is 1. The molecule has 0 saturated carbocycles. The molecule has 0 aliphatic rings. The third-order valence-corrected chi connectivity index (χ3v) is 2.63. The van der Waals surface area contributed by atoms with Crippen molar-refractivity contribution in [1.29, 1.82) is 0 Å². The highest BCUT2D eigenvalue weighted by molar-refractivity contribution is 5.96. The summed E-state index contributed by atoms with van der Waals surface area (Å²) in [5, 5.41) is 4.20. The first-order chi connectivity index (χ1) is 11.5. The summed E-state index contributed by atoms with van der Waals surface area (Å²) in [6.07, 6.45) is -0.925. The molecule has 9 nitrogen and oxygen atoms in total. The van der Waals surface area contributed by atoms with Crippen LogP contribution in [-0.2, 0) is 19.1 Å². The zero-order valence-corrected chi connectivity index (χ0v) is 13.3. The molecule has 2 N–H and O–H groups in total. The highest BCUT2D eigenvalue weighted by atomic mass is 16.6. The summed E-state index contributed by atoms with van der Waals surface area (Å²) in [5.74, 6) is -1.54. The number of benzene rings is 1. The Kier molecular flexibility index (Phi) is 7.76. The maximum Gasteiger partial charge on any atom is 0.413 e. The van der Waals surface area contributed by atoms with E-state index >= 15 is 0 Å². The lowest BCUT2D eigenvalue weighted by molar-refractivity contribution is -0.147. The SMILES string of the molecule is CCOC(=O)NC(=O)COC(=O)CNC(=O)c1ccc(OC)cc1. The van der Waals surface area contributed by atoms with Gasteiger partial charge < -0.3 is 19.5 Å². The number of rotatable bonds is 7. The molecular weight excluding hydrogens is 320 g/mol. The van der Waals surface area contributed by atoms with E-state index in [0.29, 0.717) is 11.3 Å². The van der Waals surface area contributed by atoms with Gasteiger partial charge in [0, 0.05) is 5.56 Å². The highest BCUT2D eigenvalue weighted by Gasteiger charge is 2.13. The molecule has 0 saturated heterocycles. The lowest BCUT2D eigenvalue weighted by Gasteiger charge is -2.07. The average Bonchev–Trinajstić information content (AvgIpc) is 2.58. The number of amides is 3. The molecule has 3 amide bonds. The van der Waals surface area contributed by atoms with Gasteiger partial charge >= 0.3 is 12.1 Å². The number of hydrogen-bond acceptors (Lipinski definition) is 7. The monoisotopic (exact) mass is 338 g/mol. The van der Waals surface area contributed by atoms with Crippen molar-refractivity contribution >= 4 is 23.9 Å². The number of ether oxygens (including phenoxy) is 3. The second kappa shape index (κ2) is 9.82. The predicted octanol–water partition coefficient (Wildman–Crippen LogP) is 0.241. The van der Waals surface area contributed by atoms with Crippen LogP contribution in [0.4, 0.5) is 4.79 Å². The number of alkyl carbamates (subject to hydrolysis) is 1. The molecule has 0 aliphatic carbocycles. The average molecular weight is 338 g/mol. The summed E-state index contributed by atoms with van der Waals surface area (Å²) in [6.45, 7) is 0.611. The van der Waals surface area contributed by atoms with Gasteiger partial charge in [0.05, 0.1) is 13.7 Å². The van der Waals surface area contributed by atoms with Crippen LogP contribution in [0.2, 0.25) is 0 Å². The molecule has 1 aromatic carbocycles. The number of carbonyl (C=O) groups is 4. The largest absolute Gasteiger partial charge is 0.497 e. The fraction of sp³-hybridized carbons (Fsp3) is 0.333. The minimum absolute atomic E-state index is 0.107. The van der Waals surface area contributed by atoms with Crippen molar-refractivity contribution in [2.24, 2.45) is 0 Å². The topological polar surface area (TPSA) is 120 Å². The second-order valence-electron chi connectivity index (χ2n) is 4.34. The molecule has 24 heavy (non-hydrogen) atoms.